The van der Waals surface area contributed by atoms with E-state index in [2.05, 4.69) is 41.5 Å². The largest absolute Gasteiger partial charge is 0.358 e. The first-order chi connectivity index (χ1) is 8.75. The van der Waals surface area contributed by atoms with Crippen molar-refractivity contribution in [3.63, 3.8) is 0 Å². The molecule has 0 aromatic heterocycles. The van der Waals surface area contributed by atoms with Gasteiger partial charge in [-0.3, -0.25) is 0 Å². The molecule has 1 saturated heterocycles. The van der Waals surface area contributed by atoms with Crippen LogP contribution in [-0.2, 0) is 6.54 Å². The van der Waals surface area contributed by atoms with Gasteiger partial charge in [0.1, 0.15) is 0 Å². The molecule has 1 heterocycles. The lowest BCUT2D eigenvalue weighted by atomic mass is 10.2. The highest BCUT2D eigenvalue weighted by Gasteiger charge is 2.16. The first kappa shape index (κ1) is 13.3. The molecule has 0 bridgehead atoms. The van der Waals surface area contributed by atoms with Gasteiger partial charge in [-0.2, -0.15) is 0 Å². The molecular weight excluding hydrogens is 242 g/mol. The van der Waals surface area contributed by atoms with Crippen LogP contribution in [0, 0.1) is 0 Å². The Hall–Kier alpha value is -1.13. The Balaban J connectivity index is 1.80. The third-order valence-corrected chi connectivity index (χ3v) is 3.82. The van der Waals surface area contributed by atoms with Crippen LogP contribution in [0.2, 0.25) is 0 Å². The number of thiocarbonyl (C=S) groups is 1. The smallest absolute Gasteiger partial charge is 0.169 e. The van der Waals surface area contributed by atoms with Gasteiger partial charge in [-0.15, -0.1) is 0 Å². The summed E-state index contributed by atoms with van der Waals surface area (Å²) in [6.07, 6.45) is 1.22. The number of likely N-dealkylation sites (N-methyl/N-ethyl adjacent to an activating group) is 1. The SMILES string of the molecule is C[NH+]1CCCN(C(=S)NCc2ccccc2)CC1. The fourth-order valence-corrected chi connectivity index (χ4v) is 2.48. The Kier molecular flexibility index (Phi) is 4.96. The van der Waals surface area contributed by atoms with Crippen molar-refractivity contribution < 1.29 is 4.90 Å². The van der Waals surface area contributed by atoms with Crippen molar-refractivity contribution in [3.05, 3.63) is 35.9 Å². The van der Waals surface area contributed by atoms with Crippen molar-refractivity contribution in [1.82, 2.24) is 10.2 Å². The van der Waals surface area contributed by atoms with E-state index in [4.69, 9.17) is 12.2 Å². The fraction of sp³-hybridized carbons (Fsp3) is 0.500. The Morgan fingerprint density at radius 2 is 2.06 bits per heavy atom. The number of quaternary nitrogens is 1. The van der Waals surface area contributed by atoms with Crippen molar-refractivity contribution in [2.45, 2.75) is 13.0 Å². The van der Waals surface area contributed by atoms with Gasteiger partial charge in [0.05, 0.1) is 26.7 Å². The summed E-state index contributed by atoms with van der Waals surface area (Å²) >= 11 is 5.48. The van der Waals surface area contributed by atoms with Crippen LogP contribution in [0.1, 0.15) is 12.0 Å². The third-order valence-electron chi connectivity index (χ3n) is 3.41. The minimum atomic E-state index is 0.818. The van der Waals surface area contributed by atoms with Crippen molar-refractivity contribution in [2.24, 2.45) is 0 Å². The van der Waals surface area contributed by atoms with Crippen LogP contribution in [0.25, 0.3) is 0 Å². The second-order valence-corrected chi connectivity index (χ2v) is 5.33. The molecule has 0 radical (unpaired) electrons. The number of rotatable bonds is 2. The van der Waals surface area contributed by atoms with E-state index in [0.717, 1.165) is 24.7 Å². The molecule has 1 aliphatic rings. The molecule has 1 atom stereocenters. The standard InChI is InChI=1S/C14H21N3S/c1-16-8-5-9-17(11-10-16)14(18)15-12-13-6-3-2-4-7-13/h2-4,6-7H,5,8-12H2,1H3,(H,15,18)/p+1. The predicted molar refractivity (Wildman–Crippen MR) is 78.7 cm³/mol. The Morgan fingerprint density at radius 3 is 2.83 bits per heavy atom. The van der Waals surface area contributed by atoms with E-state index in [1.165, 1.54) is 25.1 Å². The molecule has 18 heavy (non-hydrogen) atoms. The van der Waals surface area contributed by atoms with Gasteiger partial charge in [-0.05, 0) is 17.8 Å². The second kappa shape index (κ2) is 6.71. The number of benzene rings is 1. The molecule has 1 aromatic rings. The van der Waals surface area contributed by atoms with Gasteiger partial charge in [0.2, 0.25) is 0 Å². The topological polar surface area (TPSA) is 19.7 Å². The molecule has 1 fully saturated rings. The molecule has 2 N–H and O–H groups in total. The van der Waals surface area contributed by atoms with Gasteiger partial charge >= 0.3 is 0 Å². The maximum absolute atomic E-state index is 5.48. The second-order valence-electron chi connectivity index (χ2n) is 4.94. The van der Waals surface area contributed by atoms with Crippen molar-refractivity contribution in [2.75, 3.05) is 33.2 Å². The molecule has 2 rings (SSSR count). The van der Waals surface area contributed by atoms with E-state index in [9.17, 15) is 0 Å². The highest BCUT2D eigenvalue weighted by molar-refractivity contribution is 7.80. The minimum absolute atomic E-state index is 0.818. The van der Waals surface area contributed by atoms with E-state index >= 15 is 0 Å². The average Bonchev–Trinajstić information content (AvgIpc) is 2.62. The summed E-state index contributed by atoms with van der Waals surface area (Å²) in [5.74, 6) is 0. The van der Waals surface area contributed by atoms with Crippen LogP contribution in [0.15, 0.2) is 30.3 Å². The molecule has 98 valence electrons. The number of nitrogens with one attached hydrogen (secondary N) is 2. The van der Waals surface area contributed by atoms with Gasteiger partial charge in [0.15, 0.2) is 5.11 Å². The Morgan fingerprint density at radius 1 is 1.28 bits per heavy atom. The van der Waals surface area contributed by atoms with E-state index in [1.54, 1.807) is 4.90 Å². The molecule has 4 heteroatoms. The summed E-state index contributed by atoms with van der Waals surface area (Å²) in [6, 6.07) is 10.4. The molecule has 0 saturated carbocycles. The third kappa shape index (κ3) is 3.96. The monoisotopic (exact) mass is 264 g/mol. The quantitative estimate of drug-likeness (QED) is 0.749. The summed E-state index contributed by atoms with van der Waals surface area (Å²) < 4.78 is 0. The van der Waals surface area contributed by atoms with Gasteiger partial charge < -0.3 is 15.1 Å². The first-order valence-corrected chi connectivity index (χ1v) is 7.04. The number of nitrogens with zero attached hydrogens (tertiary/aromatic N) is 1. The van der Waals surface area contributed by atoms with Crippen LogP contribution in [-0.4, -0.2) is 43.2 Å². The van der Waals surface area contributed by atoms with E-state index < -0.39 is 0 Å². The van der Waals surface area contributed by atoms with Crippen LogP contribution in [0.4, 0.5) is 0 Å². The molecular formula is C14H22N3S+. The van der Waals surface area contributed by atoms with Gasteiger partial charge in [-0.1, -0.05) is 30.3 Å². The van der Waals surface area contributed by atoms with Gasteiger partial charge in [0.25, 0.3) is 0 Å². The maximum Gasteiger partial charge on any atom is 0.169 e. The molecule has 1 aliphatic heterocycles. The Bertz CT molecular complexity index is 380. The molecule has 0 amide bonds. The van der Waals surface area contributed by atoms with E-state index in [-0.39, 0.29) is 0 Å². The number of hydrogen-bond acceptors (Lipinski definition) is 1. The minimum Gasteiger partial charge on any atom is -0.358 e. The maximum atomic E-state index is 5.48. The van der Waals surface area contributed by atoms with Crippen molar-refractivity contribution in [3.8, 4) is 0 Å². The lowest BCUT2D eigenvalue weighted by molar-refractivity contribution is -0.877. The first-order valence-electron chi connectivity index (χ1n) is 6.64. The zero-order chi connectivity index (χ0) is 12.8. The molecule has 1 unspecified atom stereocenters. The number of hydrogen-bond donors (Lipinski definition) is 2. The normalized spacial score (nSPS) is 20.3. The summed E-state index contributed by atoms with van der Waals surface area (Å²) in [6.45, 7) is 5.38. The molecule has 3 nitrogen and oxygen atoms in total. The van der Waals surface area contributed by atoms with Crippen LogP contribution in [0.3, 0.4) is 0 Å². The summed E-state index contributed by atoms with van der Waals surface area (Å²) in [7, 11) is 2.25. The van der Waals surface area contributed by atoms with Crippen molar-refractivity contribution >= 4 is 17.3 Å². The zero-order valence-electron chi connectivity index (χ0n) is 11.0. The lowest BCUT2D eigenvalue weighted by Gasteiger charge is -2.23. The van der Waals surface area contributed by atoms with Crippen molar-refractivity contribution in [1.29, 1.82) is 0 Å². The lowest BCUT2D eigenvalue weighted by Crippen LogP contribution is -3.09. The highest BCUT2D eigenvalue weighted by Crippen LogP contribution is 1.99. The van der Waals surface area contributed by atoms with Crippen LogP contribution in [0.5, 0.6) is 0 Å². The summed E-state index contributed by atoms with van der Waals surface area (Å²) in [5.41, 5.74) is 1.28. The molecule has 0 aliphatic carbocycles. The fourth-order valence-electron chi connectivity index (χ4n) is 2.22. The predicted octanol–water partition coefficient (Wildman–Crippen LogP) is 0.282. The zero-order valence-corrected chi connectivity index (χ0v) is 11.8. The van der Waals surface area contributed by atoms with E-state index in [1.807, 2.05) is 6.07 Å². The highest BCUT2D eigenvalue weighted by atomic mass is 32.1. The van der Waals surface area contributed by atoms with E-state index in [0.29, 0.717) is 0 Å². The van der Waals surface area contributed by atoms with Crippen LogP contribution < -0.4 is 10.2 Å². The summed E-state index contributed by atoms with van der Waals surface area (Å²) in [5, 5.41) is 4.26. The van der Waals surface area contributed by atoms with Gasteiger partial charge in [0, 0.05) is 19.5 Å². The average molecular weight is 264 g/mol. The Labute approximate surface area is 115 Å². The molecule has 0 spiro atoms. The summed E-state index contributed by atoms with van der Waals surface area (Å²) in [4.78, 5) is 3.90. The van der Waals surface area contributed by atoms with Gasteiger partial charge in [-0.25, -0.2) is 0 Å². The van der Waals surface area contributed by atoms with Crippen LogP contribution >= 0.6 is 12.2 Å². The molecule has 1 aromatic carbocycles.